The van der Waals surface area contributed by atoms with E-state index in [-0.39, 0.29) is 5.76 Å². The lowest BCUT2D eigenvalue weighted by Crippen LogP contribution is -2.11. The van der Waals surface area contributed by atoms with E-state index in [4.69, 9.17) is 5.11 Å². The lowest BCUT2D eigenvalue weighted by Gasteiger charge is -2.11. The first kappa shape index (κ1) is 11.0. The Hall–Kier alpha value is -1.03. The van der Waals surface area contributed by atoms with Crippen LogP contribution in [0.1, 0.15) is 19.4 Å². The van der Waals surface area contributed by atoms with E-state index in [0.29, 0.717) is 11.6 Å². The number of hydrogen-bond acceptors (Lipinski definition) is 3. The molecule has 3 nitrogen and oxygen atoms in total. The summed E-state index contributed by atoms with van der Waals surface area (Å²) in [6, 6.07) is 2.10. The van der Waals surface area contributed by atoms with Crippen LogP contribution in [0.3, 0.4) is 0 Å². The second-order valence-corrected chi connectivity index (χ2v) is 4.15. The first-order valence-electron chi connectivity index (χ1n) is 4.31. The molecule has 2 N–H and O–H groups in total. The smallest absolute Gasteiger partial charge is 0.140 e. The van der Waals surface area contributed by atoms with Gasteiger partial charge in [0.05, 0.1) is 4.47 Å². The molecular formula is C10H13BrN2O. The Labute approximate surface area is 92.0 Å². The highest BCUT2D eigenvalue weighted by atomic mass is 79.9. The molecule has 14 heavy (non-hydrogen) atoms. The molecule has 1 heterocycles. The van der Waals surface area contributed by atoms with Gasteiger partial charge in [-0.25, -0.2) is 4.98 Å². The maximum Gasteiger partial charge on any atom is 0.140 e. The minimum absolute atomic E-state index is 0.0225. The van der Waals surface area contributed by atoms with Crippen molar-refractivity contribution in [3.8, 4) is 0 Å². The molecule has 1 aromatic heterocycles. The predicted octanol–water partition coefficient (Wildman–Crippen LogP) is 3.19. The van der Waals surface area contributed by atoms with Gasteiger partial charge in [-0.15, -0.1) is 0 Å². The second-order valence-electron chi connectivity index (χ2n) is 3.30. The average molecular weight is 257 g/mol. The number of nitrogens with zero attached hydrogens (tertiary/aromatic N) is 1. The van der Waals surface area contributed by atoms with Gasteiger partial charge in [-0.2, -0.15) is 0 Å². The molecule has 0 aliphatic carbocycles. The van der Waals surface area contributed by atoms with E-state index in [1.54, 1.807) is 12.3 Å². The van der Waals surface area contributed by atoms with E-state index in [1.165, 1.54) is 0 Å². The van der Waals surface area contributed by atoms with Crippen molar-refractivity contribution < 1.29 is 5.11 Å². The molecule has 0 atom stereocenters. The van der Waals surface area contributed by atoms with Crippen molar-refractivity contribution in [3.63, 3.8) is 0 Å². The highest BCUT2D eigenvalue weighted by Gasteiger charge is 2.05. The van der Waals surface area contributed by atoms with Crippen molar-refractivity contribution in [1.82, 2.24) is 4.98 Å². The largest absolute Gasteiger partial charge is 0.508 e. The minimum atomic E-state index is 0.0225. The Balaban J connectivity index is 2.95. The van der Waals surface area contributed by atoms with Crippen LogP contribution in [0, 0.1) is 0 Å². The Bertz CT molecular complexity index is 350. The van der Waals surface area contributed by atoms with Gasteiger partial charge >= 0.3 is 0 Å². The van der Waals surface area contributed by atoms with Crippen LogP contribution in [-0.2, 0) is 0 Å². The Kier molecular flexibility index (Phi) is 3.52. The highest BCUT2D eigenvalue weighted by molar-refractivity contribution is 9.10. The summed E-state index contributed by atoms with van der Waals surface area (Å²) in [4.78, 5) is 4.16. The highest BCUT2D eigenvalue weighted by Crippen LogP contribution is 2.23. The number of nitrogens with one attached hydrogen (secondary N) is 1. The van der Waals surface area contributed by atoms with E-state index in [2.05, 4.69) is 32.8 Å². The number of halogens is 1. The van der Waals surface area contributed by atoms with Crippen LogP contribution in [0.15, 0.2) is 23.3 Å². The predicted molar refractivity (Wildman–Crippen MR) is 62.4 cm³/mol. The number of aromatic nitrogens is 1. The number of aliphatic hydroxyl groups excluding tert-OH is 1. The lowest BCUT2D eigenvalue weighted by atomic mass is 10.2. The van der Waals surface area contributed by atoms with Gasteiger partial charge < -0.3 is 10.4 Å². The molecule has 76 valence electrons. The minimum Gasteiger partial charge on any atom is -0.508 e. The first-order chi connectivity index (χ1) is 6.50. The molecule has 0 aliphatic heterocycles. The first-order valence-corrected chi connectivity index (χ1v) is 5.10. The van der Waals surface area contributed by atoms with Crippen molar-refractivity contribution in [3.05, 3.63) is 28.9 Å². The lowest BCUT2D eigenvalue weighted by molar-refractivity contribution is 0.513. The quantitative estimate of drug-likeness (QED) is 0.817. The molecule has 0 unspecified atom stereocenters. The fourth-order valence-electron chi connectivity index (χ4n) is 0.975. The Morgan fingerprint density at radius 1 is 1.64 bits per heavy atom. The van der Waals surface area contributed by atoms with Crippen molar-refractivity contribution in [2.75, 3.05) is 5.32 Å². The van der Waals surface area contributed by atoms with E-state index in [0.717, 1.165) is 10.3 Å². The van der Waals surface area contributed by atoms with E-state index < -0.39 is 0 Å². The third kappa shape index (κ3) is 2.73. The SMILES string of the molecule is C=C(O)c1cnc(NC(C)C)c(Br)c1. The molecule has 0 aromatic carbocycles. The average Bonchev–Trinajstić information content (AvgIpc) is 2.07. The zero-order valence-corrected chi connectivity index (χ0v) is 9.80. The summed E-state index contributed by atoms with van der Waals surface area (Å²) in [7, 11) is 0. The summed E-state index contributed by atoms with van der Waals surface area (Å²) < 4.78 is 0.818. The van der Waals surface area contributed by atoms with Gasteiger partial charge in [-0.3, -0.25) is 0 Å². The normalized spacial score (nSPS) is 10.3. The van der Waals surface area contributed by atoms with Crippen molar-refractivity contribution in [2.24, 2.45) is 0 Å². The number of anilines is 1. The monoisotopic (exact) mass is 256 g/mol. The molecule has 0 saturated heterocycles. The van der Waals surface area contributed by atoms with Gasteiger partial charge in [-0.1, -0.05) is 6.58 Å². The maximum atomic E-state index is 9.15. The van der Waals surface area contributed by atoms with Crippen LogP contribution >= 0.6 is 15.9 Å². The molecule has 0 spiro atoms. The second kappa shape index (κ2) is 4.46. The number of hydrogen-bond donors (Lipinski definition) is 2. The van der Waals surface area contributed by atoms with E-state index in [9.17, 15) is 0 Å². The standard InChI is InChI=1S/C10H13BrN2O/c1-6(2)13-10-9(11)4-8(5-12-10)7(3)14/h4-6,14H,3H2,1-2H3,(H,12,13). The van der Waals surface area contributed by atoms with Crippen LogP contribution in [0.5, 0.6) is 0 Å². The molecule has 0 radical (unpaired) electrons. The van der Waals surface area contributed by atoms with Crippen LogP contribution in [0.25, 0.3) is 5.76 Å². The van der Waals surface area contributed by atoms with Crippen molar-refractivity contribution in [1.29, 1.82) is 0 Å². The van der Waals surface area contributed by atoms with Crippen LogP contribution in [-0.4, -0.2) is 16.1 Å². The van der Waals surface area contributed by atoms with Crippen LogP contribution < -0.4 is 5.32 Å². The number of rotatable bonds is 3. The molecule has 0 saturated carbocycles. The maximum absolute atomic E-state index is 9.15. The topological polar surface area (TPSA) is 45.2 Å². The van der Waals surface area contributed by atoms with Crippen molar-refractivity contribution >= 4 is 27.5 Å². The molecule has 1 aromatic rings. The van der Waals surface area contributed by atoms with Gasteiger partial charge in [0.1, 0.15) is 11.6 Å². The molecule has 0 amide bonds. The van der Waals surface area contributed by atoms with Crippen molar-refractivity contribution in [2.45, 2.75) is 19.9 Å². The summed E-state index contributed by atoms with van der Waals surface area (Å²) in [5.74, 6) is 0.791. The Morgan fingerprint density at radius 2 is 2.29 bits per heavy atom. The van der Waals surface area contributed by atoms with Crippen LogP contribution in [0.2, 0.25) is 0 Å². The fourth-order valence-corrected chi connectivity index (χ4v) is 1.44. The van der Waals surface area contributed by atoms with Gasteiger partial charge in [0, 0.05) is 17.8 Å². The summed E-state index contributed by atoms with van der Waals surface area (Å²) in [5, 5.41) is 12.3. The molecular weight excluding hydrogens is 244 g/mol. The fraction of sp³-hybridized carbons (Fsp3) is 0.300. The van der Waals surface area contributed by atoms with Gasteiger partial charge in [0.15, 0.2) is 0 Å². The van der Waals surface area contributed by atoms with Gasteiger partial charge in [0.25, 0.3) is 0 Å². The molecule has 0 fully saturated rings. The summed E-state index contributed by atoms with van der Waals surface area (Å²) in [5.41, 5.74) is 0.617. The molecule has 1 rings (SSSR count). The molecule has 0 aliphatic rings. The molecule has 4 heteroatoms. The van der Waals surface area contributed by atoms with Gasteiger partial charge in [-0.05, 0) is 35.8 Å². The number of pyridine rings is 1. The third-order valence-electron chi connectivity index (χ3n) is 1.60. The Morgan fingerprint density at radius 3 is 2.71 bits per heavy atom. The number of aliphatic hydroxyl groups is 1. The zero-order chi connectivity index (χ0) is 10.7. The summed E-state index contributed by atoms with van der Waals surface area (Å²) in [6.07, 6.45) is 1.58. The summed E-state index contributed by atoms with van der Waals surface area (Å²) >= 11 is 3.37. The zero-order valence-electron chi connectivity index (χ0n) is 8.21. The third-order valence-corrected chi connectivity index (χ3v) is 2.20. The van der Waals surface area contributed by atoms with E-state index in [1.807, 2.05) is 13.8 Å². The van der Waals surface area contributed by atoms with Crippen LogP contribution in [0.4, 0.5) is 5.82 Å². The summed E-state index contributed by atoms with van der Waals surface area (Å²) in [6.45, 7) is 7.50. The van der Waals surface area contributed by atoms with Gasteiger partial charge in [0.2, 0.25) is 0 Å². The molecule has 0 bridgehead atoms. The van der Waals surface area contributed by atoms with E-state index >= 15 is 0 Å².